The molecule has 0 spiro atoms. The maximum Gasteiger partial charge on any atom is 0.104 e. The monoisotopic (exact) mass is 244 g/mol. The van der Waals surface area contributed by atoms with Gasteiger partial charge in [0.2, 0.25) is 0 Å². The van der Waals surface area contributed by atoms with Crippen LogP contribution in [0.1, 0.15) is 31.7 Å². The molecule has 3 nitrogen and oxygen atoms in total. The van der Waals surface area contributed by atoms with Gasteiger partial charge in [0.1, 0.15) is 4.60 Å². The first-order chi connectivity index (χ1) is 6.29. The second-order valence-corrected chi connectivity index (χ2v) is 4.33. The zero-order valence-corrected chi connectivity index (χ0v) is 8.94. The number of nitrogens with zero attached hydrogens (tertiary/aromatic N) is 2. The summed E-state index contributed by atoms with van der Waals surface area (Å²) in [4.78, 5) is 0. The van der Waals surface area contributed by atoms with E-state index in [4.69, 9.17) is 0 Å². The van der Waals surface area contributed by atoms with E-state index in [0.717, 1.165) is 23.9 Å². The molecule has 2 rings (SSSR count). The summed E-state index contributed by atoms with van der Waals surface area (Å²) in [5.74, 6) is 0. The Kier molecular flexibility index (Phi) is 2.69. The molecular formula is C9H13BrN2O. The van der Waals surface area contributed by atoms with Gasteiger partial charge >= 0.3 is 0 Å². The fraction of sp³-hybridized carbons (Fsp3) is 0.667. The van der Waals surface area contributed by atoms with E-state index in [9.17, 15) is 5.11 Å². The largest absolute Gasteiger partial charge is 0.391 e. The quantitative estimate of drug-likeness (QED) is 0.822. The smallest absolute Gasteiger partial charge is 0.104 e. The normalized spacial score (nSPS) is 29.1. The number of hydrogen-bond donors (Lipinski definition) is 1. The minimum Gasteiger partial charge on any atom is -0.391 e. The summed E-state index contributed by atoms with van der Waals surface area (Å²) < 4.78 is 2.84. The molecule has 1 saturated carbocycles. The molecule has 1 heterocycles. The highest BCUT2D eigenvalue weighted by Crippen LogP contribution is 2.30. The topological polar surface area (TPSA) is 38.0 Å². The third kappa shape index (κ3) is 1.79. The van der Waals surface area contributed by atoms with Gasteiger partial charge in [0.05, 0.1) is 18.3 Å². The Morgan fingerprint density at radius 2 is 2.23 bits per heavy atom. The maximum absolute atomic E-state index is 9.78. The van der Waals surface area contributed by atoms with Crippen LogP contribution in [0.15, 0.2) is 16.9 Å². The lowest BCUT2D eigenvalue weighted by molar-refractivity contribution is 0.0683. The van der Waals surface area contributed by atoms with Crippen molar-refractivity contribution in [3.8, 4) is 0 Å². The summed E-state index contributed by atoms with van der Waals surface area (Å²) >= 11 is 3.42. The molecule has 1 aromatic rings. The maximum atomic E-state index is 9.78. The van der Waals surface area contributed by atoms with Gasteiger partial charge in [-0.3, -0.25) is 4.68 Å². The molecule has 0 saturated heterocycles. The summed E-state index contributed by atoms with van der Waals surface area (Å²) in [6, 6.07) is 2.07. The molecule has 1 aliphatic rings. The molecular weight excluding hydrogens is 232 g/mol. The summed E-state index contributed by atoms with van der Waals surface area (Å²) in [5.41, 5.74) is 0. The van der Waals surface area contributed by atoms with Crippen LogP contribution >= 0.6 is 15.9 Å². The van der Waals surface area contributed by atoms with Gasteiger partial charge in [-0.05, 0) is 34.8 Å². The molecule has 1 aromatic heterocycles. The molecule has 4 heteroatoms. The molecule has 0 aromatic carbocycles. The van der Waals surface area contributed by atoms with Gasteiger partial charge in [0.15, 0.2) is 0 Å². The van der Waals surface area contributed by atoms with Crippen molar-refractivity contribution >= 4 is 15.9 Å². The number of rotatable bonds is 1. The van der Waals surface area contributed by atoms with Crippen LogP contribution < -0.4 is 0 Å². The molecule has 1 fully saturated rings. The van der Waals surface area contributed by atoms with E-state index < -0.39 is 0 Å². The van der Waals surface area contributed by atoms with Crippen molar-refractivity contribution in [1.82, 2.24) is 9.78 Å². The molecule has 0 amide bonds. The highest BCUT2D eigenvalue weighted by Gasteiger charge is 2.25. The van der Waals surface area contributed by atoms with Gasteiger partial charge in [-0.25, -0.2) is 0 Å². The minimum absolute atomic E-state index is 0.165. The van der Waals surface area contributed by atoms with Crippen molar-refractivity contribution in [3.05, 3.63) is 16.9 Å². The summed E-state index contributed by atoms with van der Waals surface area (Å²) in [5, 5.41) is 14.0. The number of aromatic nitrogens is 2. The van der Waals surface area contributed by atoms with Crippen molar-refractivity contribution < 1.29 is 5.11 Å². The molecule has 1 aliphatic carbocycles. The molecule has 0 radical (unpaired) electrons. The first kappa shape index (κ1) is 9.21. The van der Waals surface area contributed by atoms with Crippen LogP contribution in [0.5, 0.6) is 0 Å². The second kappa shape index (κ2) is 3.80. The van der Waals surface area contributed by atoms with Crippen molar-refractivity contribution in [3.63, 3.8) is 0 Å². The summed E-state index contributed by atoms with van der Waals surface area (Å²) in [6.07, 6.45) is 5.78. The average molecular weight is 245 g/mol. The summed E-state index contributed by atoms with van der Waals surface area (Å²) in [6.45, 7) is 0. The van der Waals surface area contributed by atoms with E-state index >= 15 is 0 Å². The van der Waals surface area contributed by atoms with Crippen molar-refractivity contribution in [2.24, 2.45) is 0 Å². The van der Waals surface area contributed by atoms with Gasteiger partial charge < -0.3 is 5.11 Å². The van der Waals surface area contributed by atoms with E-state index in [2.05, 4.69) is 21.0 Å². The Morgan fingerprint density at radius 1 is 1.46 bits per heavy atom. The van der Waals surface area contributed by atoms with E-state index in [1.807, 2.05) is 10.7 Å². The van der Waals surface area contributed by atoms with Gasteiger partial charge in [0.25, 0.3) is 0 Å². The van der Waals surface area contributed by atoms with Crippen molar-refractivity contribution in [2.75, 3.05) is 0 Å². The second-order valence-electron chi connectivity index (χ2n) is 3.52. The lowest BCUT2D eigenvalue weighted by Crippen LogP contribution is -2.28. The van der Waals surface area contributed by atoms with Crippen LogP contribution in [0, 0.1) is 0 Å². The predicted octanol–water partition coefficient (Wildman–Crippen LogP) is 2.12. The molecule has 0 aliphatic heterocycles. The average Bonchev–Trinajstić information content (AvgIpc) is 2.52. The molecule has 2 unspecified atom stereocenters. The minimum atomic E-state index is -0.232. The van der Waals surface area contributed by atoms with Crippen LogP contribution in [0.2, 0.25) is 0 Å². The lowest BCUT2D eigenvalue weighted by atomic mass is 9.93. The van der Waals surface area contributed by atoms with Crippen LogP contribution in [-0.4, -0.2) is 21.0 Å². The van der Waals surface area contributed by atoms with Gasteiger partial charge in [-0.15, -0.1) is 0 Å². The van der Waals surface area contributed by atoms with Crippen molar-refractivity contribution in [2.45, 2.75) is 37.8 Å². The van der Waals surface area contributed by atoms with Gasteiger partial charge in [-0.2, -0.15) is 5.10 Å². The fourth-order valence-electron chi connectivity index (χ4n) is 1.92. The zero-order chi connectivity index (χ0) is 9.26. The number of halogens is 1. The molecule has 1 N–H and O–H groups in total. The Hall–Kier alpha value is -0.350. The summed E-state index contributed by atoms with van der Waals surface area (Å²) in [7, 11) is 0. The van der Waals surface area contributed by atoms with Gasteiger partial charge in [-0.1, -0.05) is 12.8 Å². The van der Waals surface area contributed by atoms with E-state index in [-0.39, 0.29) is 12.1 Å². The Labute approximate surface area is 85.9 Å². The molecule has 0 bridgehead atoms. The lowest BCUT2D eigenvalue weighted by Gasteiger charge is -2.28. The number of aliphatic hydroxyl groups is 1. The Balaban J connectivity index is 2.19. The number of hydrogen-bond acceptors (Lipinski definition) is 2. The Bertz CT molecular complexity index is 287. The fourth-order valence-corrected chi connectivity index (χ4v) is 2.39. The van der Waals surface area contributed by atoms with Gasteiger partial charge in [0, 0.05) is 0 Å². The van der Waals surface area contributed by atoms with E-state index in [0.29, 0.717) is 0 Å². The highest BCUT2D eigenvalue weighted by molar-refractivity contribution is 9.10. The third-order valence-electron chi connectivity index (χ3n) is 2.63. The van der Waals surface area contributed by atoms with Crippen LogP contribution in [-0.2, 0) is 0 Å². The van der Waals surface area contributed by atoms with Crippen LogP contribution in [0.25, 0.3) is 0 Å². The standard InChI is InChI=1S/C9H13BrN2O/c10-9-5-6-11-12(9)7-3-1-2-4-8(7)13/h5-8,13H,1-4H2. The van der Waals surface area contributed by atoms with E-state index in [1.165, 1.54) is 6.42 Å². The third-order valence-corrected chi connectivity index (χ3v) is 3.26. The van der Waals surface area contributed by atoms with Crippen LogP contribution in [0.3, 0.4) is 0 Å². The first-order valence-corrected chi connectivity index (χ1v) is 5.45. The first-order valence-electron chi connectivity index (χ1n) is 4.66. The zero-order valence-electron chi connectivity index (χ0n) is 7.36. The highest BCUT2D eigenvalue weighted by atomic mass is 79.9. The van der Waals surface area contributed by atoms with Crippen LogP contribution in [0.4, 0.5) is 0 Å². The van der Waals surface area contributed by atoms with E-state index in [1.54, 1.807) is 6.20 Å². The van der Waals surface area contributed by atoms with Crippen molar-refractivity contribution in [1.29, 1.82) is 0 Å². The SMILES string of the molecule is OC1CCCCC1n1nccc1Br. The molecule has 72 valence electrons. The predicted molar refractivity (Wildman–Crippen MR) is 53.4 cm³/mol. The number of aliphatic hydroxyl groups excluding tert-OH is 1. The molecule has 2 atom stereocenters. The molecule has 13 heavy (non-hydrogen) atoms. The Morgan fingerprint density at radius 3 is 2.85 bits per heavy atom.